The molecule has 1 amide bonds. The summed E-state index contributed by atoms with van der Waals surface area (Å²) < 4.78 is 10.8. The third-order valence-electron chi connectivity index (χ3n) is 6.86. The zero-order valence-corrected chi connectivity index (χ0v) is 20.0. The molecule has 5 heteroatoms. The van der Waals surface area contributed by atoms with E-state index in [-0.39, 0.29) is 11.9 Å². The van der Waals surface area contributed by atoms with Crippen LogP contribution in [0.3, 0.4) is 0 Å². The van der Waals surface area contributed by atoms with Gasteiger partial charge in [-0.3, -0.25) is 4.79 Å². The molecular weight excluding hydrogens is 424 g/mol. The fourth-order valence-corrected chi connectivity index (χ4v) is 5.10. The number of benzene rings is 3. The summed E-state index contributed by atoms with van der Waals surface area (Å²) >= 11 is 0. The van der Waals surface area contributed by atoms with E-state index in [2.05, 4.69) is 48.2 Å². The molecule has 5 rings (SSSR count). The van der Waals surface area contributed by atoms with Crippen molar-refractivity contribution < 1.29 is 14.3 Å². The van der Waals surface area contributed by atoms with E-state index < -0.39 is 0 Å². The number of rotatable bonds is 4. The second-order valence-corrected chi connectivity index (χ2v) is 8.81. The molecule has 0 radical (unpaired) electrons. The van der Waals surface area contributed by atoms with Crippen molar-refractivity contribution in [2.75, 3.05) is 32.2 Å². The van der Waals surface area contributed by atoms with Crippen LogP contribution < -0.4 is 14.4 Å². The molecule has 0 saturated carbocycles. The van der Waals surface area contributed by atoms with Crippen LogP contribution in [-0.4, -0.2) is 44.2 Å². The van der Waals surface area contributed by atoms with Gasteiger partial charge in [0.1, 0.15) is 0 Å². The highest BCUT2D eigenvalue weighted by Crippen LogP contribution is 2.38. The summed E-state index contributed by atoms with van der Waals surface area (Å²) in [6, 6.07) is 22.2. The number of para-hydroxylation sites is 1. The van der Waals surface area contributed by atoms with Crippen molar-refractivity contribution in [3.8, 4) is 11.5 Å². The fourth-order valence-electron chi connectivity index (χ4n) is 5.10. The van der Waals surface area contributed by atoms with Crippen molar-refractivity contribution in [1.82, 2.24) is 4.90 Å². The lowest BCUT2D eigenvalue weighted by Crippen LogP contribution is -2.42. The molecule has 174 valence electrons. The highest BCUT2D eigenvalue weighted by molar-refractivity contribution is 6.09. The topological polar surface area (TPSA) is 42.0 Å². The first kappa shape index (κ1) is 22.1. The molecule has 1 atom stereocenters. The Kier molecular flexibility index (Phi) is 6.01. The Hall–Kier alpha value is -3.73. The zero-order valence-electron chi connectivity index (χ0n) is 20.0. The van der Waals surface area contributed by atoms with Gasteiger partial charge in [-0.25, -0.2) is 0 Å². The lowest BCUT2D eigenvalue weighted by molar-refractivity contribution is 0.0981. The molecule has 34 heavy (non-hydrogen) atoms. The smallest absolute Gasteiger partial charge is 0.258 e. The normalized spacial score (nSPS) is 17.3. The van der Waals surface area contributed by atoms with Gasteiger partial charge >= 0.3 is 0 Å². The average Bonchev–Trinajstić information content (AvgIpc) is 3.10. The molecular formula is C29H30N2O3. The van der Waals surface area contributed by atoms with Crippen molar-refractivity contribution in [3.05, 3.63) is 95.1 Å². The van der Waals surface area contributed by atoms with E-state index in [9.17, 15) is 4.79 Å². The molecule has 0 aliphatic carbocycles. The van der Waals surface area contributed by atoms with Gasteiger partial charge in [0, 0.05) is 29.9 Å². The van der Waals surface area contributed by atoms with Crippen molar-refractivity contribution in [3.63, 3.8) is 0 Å². The summed E-state index contributed by atoms with van der Waals surface area (Å²) in [5, 5.41) is 0. The molecule has 2 aliphatic heterocycles. The fraction of sp³-hybridized carbons (Fsp3) is 0.276. The Morgan fingerprint density at radius 1 is 0.853 bits per heavy atom. The summed E-state index contributed by atoms with van der Waals surface area (Å²) in [6.07, 6.45) is 4.29. The quantitative estimate of drug-likeness (QED) is 0.544. The predicted octanol–water partition coefficient (Wildman–Crippen LogP) is 5.19. The molecule has 0 fully saturated rings. The number of nitrogens with zero attached hydrogens (tertiary/aromatic N) is 2. The van der Waals surface area contributed by atoms with Gasteiger partial charge in [0.15, 0.2) is 11.5 Å². The molecule has 0 N–H and O–H groups in total. The third-order valence-corrected chi connectivity index (χ3v) is 6.86. The Morgan fingerprint density at radius 2 is 1.50 bits per heavy atom. The summed E-state index contributed by atoms with van der Waals surface area (Å²) in [7, 11) is 3.18. The number of carbonyl (C=O) groups excluding carboxylic acids is 1. The summed E-state index contributed by atoms with van der Waals surface area (Å²) in [4.78, 5) is 18.1. The highest BCUT2D eigenvalue weighted by atomic mass is 16.5. The van der Waals surface area contributed by atoms with Crippen molar-refractivity contribution in [2.45, 2.75) is 25.8 Å². The molecule has 2 heterocycles. The van der Waals surface area contributed by atoms with Crippen LogP contribution in [0.25, 0.3) is 5.70 Å². The van der Waals surface area contributed by atoms with Crippen LogP contribution >= 0.6 is 0 Å². The van der Waals surface area contributed by atoms with E-state index in [1.54, 1.807) is 32.4 Å². The predicted molar refractivity (Wildman–Crippen MR) is 136 cm³/mol. The van der Waals surface area contributed by atoms with Gasteiger partial charge in [0.05, 0.1) is 25.9 Å². The van der Waals surface area contributed by atoms with Gasteiger partial charge < -0.3 is 19.3 Å². The number of fused-ring (bicyclic) bond motifs is 2. The maximum absolute atomic E-state index is 13.7. The first-order chi connectivity index (χ1) is 16.6. The van der Waals surface area contributed by atoms with E-state index >= 15 is 0 Å². The van der Waals surface area contributed by atoms with Gasteiger partial charge in [-0.15, -0.1) is 0 Å². The van der Waals surface area contributed by atoms with Crippen LogP contribution in [0.2, 0.25) is 0 Å². The molecule has 5 nitrogen and oxygen atoms in total. The SMILES string of the molecule is COc1ccc(C(=O)N2c3ccccc3C(N3CCc4ccccc4CC3)=CC2C)cc1OC. The first-order valence-corrected chi connectivity index (χ1v) is 11.8. The monoisotopic (exact) mass is 454 g/mol. The van der Waals surface area contributed by atoms with Gasteiger partial charge in [-0.1, -0.05) is 42.5 Å². The zero-order chi connectivity index (χ0) is 23.7. The van der Waals surface area contributed by atoms with Gasteiger partial charge in [-0.05, 0) is 61.2 Å². The summed E-state index contributed by atoms with van der Waals surface area (Å²) in [6.45, 7) is 4.02. The Balaban J connectivity index is 1.48. The number of hydrogen-bond acceptors (Lipinski definition) is 4. The van der Waals surface area contributed by atoms with Crippen molar-refractivity contribution >= 4 is 17.3 Å². The Bertz CT molecular complexity index is 1220. The van der Waals surface area contributed by atoms with Crippen LogP contribution in [0.1, 0.15) is 34.0 Å². The minimum absolute atomic E-state index is 0.0560. The van der Waals surface area contributed by atoms with E-state index in [0.29, 0.717) is 17.1 Å². The number of amides is 1. The van der Waals surface area contributed by atoms with E-state index in [1.807, 2.05) is 23.1 Å². The van der Waals surface area contributed by atoms with Crippen molar-refractivity contribution in [2.24, 2.45) is 0 Å². The standard InChI is InChI=1S/C29H30N2O3/c1-20-18-26(30-16-14-21-8-4-5-9-22(21)15-17-30)24-10-6-7-11-25(24)31(20)29(32)23-12-13-27(33-2)28(19-23)34-3/h4-13,18-20H,14-17H2,1-3H3. The van der Waals surface area contributed by atoms with Gasteiger partial charge in [0.2, 0.25) is 0 Å². The molecule has 1 unspecified atom stereocenters. The lowest BCUT2D eigenvalue weighted by atomic mass is 9.97. The van der Waals surface area contributed by atoms with Crippen molar-refractivity contribution in [1.29, 1.82) is 0 Å². The van der Waals surface area contributed by atoms with Crippen LogP contribution in [0.5, 0.6) is 11.5 Å². The second kappa shape index (κ2) is 9.26. The van der Waals surface area contributed by atoms with Crippen LogP contribution in [-0.2, 0) is 12.8 Å². The minimum Gasteiger partial charge on any atom is -0.493 e. The van der Waals surface area contributed by atoms with E-state index in [0.717, 1.165) is 37.2 Å². The summed E-state index contributed by atoms with van der Waals surface area (Å²) in [5.41, 5.74) is 6.70. The molecule has 3 aromatic carbocycles. The lowest BCUT2D eigenvalue weighted by Gasteiger charge is -2.38. The van der Waals surface area contributed by atoms with Gasteiger partial charge in [-0.2, -0.15) is 0 Å². The highest BCUT2D eigenvalue weighted by Gasteiger charge is 2.32. The molecule has 2 aliphatic rings. The van der Waals surface area contributed by atoms with Crippen LogP contribution in [0.15, 0.2) is 72.8 Å². The molecule has 0 saturated heterocycles. The second-order valence-electron chi connectivity index (χ2n) is 8.81. The molecule has 0 spiro atoms. The van der Waals surface area contributed by atoms with Crippen LogP contribution in [0.4, 0.5) is 5.69 Å². The molecule has 0 bridgehead atoms. The largest absolute Gasteiger partial charge is 0.493 e. The minimum atomic E-state index is -0.0869. The maximum atomic E-state index is 13.7. The number of anilines is 1. The third kappa shape index (κ3) is 3.92. The number of methoxy groups -OCH3 is 2. The average molecular weight is 455 g/mol. The van der Waals surface area contributed by atoms with Crippen LogP contribution in [0, 0.1) is 0 Å². The summed E-state index contributed by atoms with van der Waals surface area (Å²) in [5.74, 6) is 1.10. The Labute approximate surface area is 201 Å². The number of hydrogen-bond donors (Lipinski definition) is 0. The Morgan fingerprint density at radius 3 is 2.18 bits per heavy atom. The maximum Gasteiger partial charge on any atom is 0.258 e. The number of carbonyl (C=O) groups is 1. The number of ether oxygens (including phenoxy) is 2. The molecule has 3 aromatic rings. The van der Waals surface area contributed by atoms with Gasteiger partial charge in [0.25, 0.3) is 5.91 Å². The van der Waals surface area contributed by atoms with E-state index in [1.165, 1.54) is 16.8 Å². The first-order valence-electron chi connectivity index (χ1n) is 11.8. The van der Waals surface area contributed by atoms with E-state index in [4.69, 9.17) is 9.47 Å². The molecule has 0 aromatic heterocycles.